The maximum absolute atomic E-state index is 12.1. The van der Waals surface area contributed by atoms with Gasteiger partial charge in [0.2, 0.25) is 0 Å². The molecule has 7 heteroatoms. The summed E-state index contributed by atoms with van der Waals surface area (Å²) in [6.45, 7) is 0.527. The van der Waals surface area contributed by atoms with Crippen LogP contribution in [0.5, 0.6) is 0 Å². The number of nitrogens with one attached hydrogen (secondary N) is 1. The number of nitrogen functional groups attached to an aromatic ring is 1. The van der Waals surface area contributed by atoms with Crippen molar-refractivity contribution in [3.05, 3.63) is 33.9 Å². The van der Waals surface area contributed by atoms with E-state index in [1.54, 1.807) is 17.8 Å². The van der Waals surface area contributed by atoms with Gasteiger partial charge >= 0.3 is 5.69 Å². The summed E-state index contributed by atoms with van der Waals surface area (Å²) in [4.78, 5) is 22.5. The molecule has 0 bridgehead atoms. The second kappa shape index (κ2) is 5.70. The molecule has 1 aromatic rings. The molecule has 1 aliphatic carbocycles. The van der Waals surface area contributed by atoms with Crippen LogP contribution in [0.25, 0.3) is 0 Å². The molecule has 0 saturated heterocycles. The van der Waals surface area contributed by atoms with Crippen molar-refractivity contribution in [2.45, 2.75) is 24.0 Å². The maximum atomic E-state index is 12.1. The lowest BCUT2D eigenvalue weighted by Crippen LogP contribution is -2.45. The Morgan fingerprint density at radius 3 is 2.75 bits per heavy atom. The molecule has 0 heterocycles. The molecule has 0 radical (unpaired) electrons. The van der Waals surface area contributed by atoms with E-state index in [1.165, 1.54) is 12.1 Å². The molecule has 1 amide bonds. The minimum Gasteiger partial charge on any atom is -0.393 e. The Hall–Kier alpha value is -1.76. The van der Waals surface area contributed by atoms with Gasteiger partial charge in [0.15, 0.2) is 0 Å². The molecule has 0 aliphatic heterocycles. The van der Waals surface area contributed by atoms with Crippen molar-refractivity contribution in [1.29, 1.82) is 0 Å². The Morgan fingerprint density at radius 1 is 1.55 bits per heavy atom. The third kappa shape index (κ3) is 2.72. The van der Waals surface area contributed by atoms with Crippen LogP contribution in [0.2, 0.25) is 0 Å². The number of carbonyl (C=O) groups is 1. The van der Waals surface area contributed by atoms with Gasteiger partial charge < -0.3 is 11.1 Å². The van der Waals surface area contributed by atoms with Crippen LogP contribution in [0.4, 0.5) is 11.4 Å². The Bertz CT molecular complexity index is 538. The molecule has 0 spiro atoms. The number of nitrogens with zero attached hydrogens (tertiary/aromatic N) is 1. The molecule has 0 unspecified atom stereocenters. The third-order valence-electron chi connectivity index (χ3n) is 3.76. The highest BCUT2D eigenvalue weighted by Crippen LogP contribution is 2.42. The molecule has 1 aliphatic rings. The van der Waals surface area contributed by atoms with E-state index in [1.807, 2.05) is 6.26 Å². The zero-order valence-corrected chi connectivity index (χ0v) is 12.0. The standard InChI is InChI=1S/C13H17N3O3S/c1-20-13(6-3-7-13)8-15-12(17)9-4-2-5-10(14)11(9)16(18)19/h2,4-5H,3,6-8,14H2,1H3,(H,15,17). The molecule has 6 nitrogen and oxygen atoms in total. The summed E-state index contributed by atoms with van der Waals surface area (Å²) >= 11 is 1.74. The average Bonchev–Trinajstić information content (AvgIpc) is 2.37. The molecule has 2 rings (SSSR count). The predicted molar refractivity (Wildman–Crippen MR) is 79.9 cm³/mol. The van der Waals surface area contributed by atoms with Crippen LogP contribution in [0.15, 0.2) is 18.2 Å². The molecule has 1 saturated carbocycles. The number of hydrogen-bond acceptors (Lipinski definition) is 5. The summed E-state index contributed by atoms with van der Waals surface area (Å²) < 4.78 is 0.0881. The van der Waals surface area contributed by atoms with E-state index in [0.717, 1.165) is 19.3 Å². The van der Waals surface area contributed by atoms with Crippen LogP contribution in [-0.4, -0.2) is 28.4 Å². The van der Waals surface area contributed by atoms with Crippen molar-refractivity contribution >= 4 is 29.0 Å². The number of nitro groups is 1. The lowest BCUT2D eigenvalue weighted by molar-refractivity contribution is -0.384. The monoisotopic (exact) mass is 295 g/mol. The Labute approximate surface area is 121 Å². The van der Waals surface area contributed by atoms with Gasteiger partial charge in [-0.1, -0.05) is 12.5 Å². The number of nitro benzene ring substituents is 1. The summed E-state index contributed by atoms with van der Waals surface area (Å²) in [6, 6.07) is 4.39. The molecule has 1 fully saturated rings. The van der Waals surface area contributed by atoms with Gasteiger partial charge in [-0.25, -0.2) is 0 Å². The van der Waals surface area contributed by atoms with E-state index >= 15 is 0 Å². The molecule has 20 heavy (non-hydrogen) atoms. The highest BCUT2D eigenvalue weighted by Gasteiger charge is 2.36. The van der Waals surface area contributed by atoms with E-state index < -0.39 is 10.8 Å². The number of benzene rings is 1. The third-order valence-corrected chi connectivity index (χ3v) is 5.18. The van der Waals surface area contributed by atoms with Crippen molar-refractivity contribution < 1.29 is 9.72 Å². The largest absolute Gasteiger partial charge is 0.393 e. The van der Waals surface area contributed by atoms with E-state index in [-0.39, 0.29) is 21.7 Å². The fraction of sp³-hybridized carbons (Fsp3) is 0.462. The molecular formula is C13H17N3O3S. The van der Waals surface area contributed by atoms with Crippen molar-refractivity contribution in [1.82, 2.24) is 5.32 Å². The van der Waals surface area contributed by atoms with Gasteiger partial charge in [-0.3, -0.25) is 14.9 Å². The van der Waals surface area contributed by atoms with Gasteiger partial charge in [0.05, 0.1) is 4.92 Å². The summed E-state index contributed by atoms with van der Waals surface area (Å²) in [5, 5.41) is 13.8. The van der Waals surface area contributed by atoms with Gasteiger partial charge in [-0.15, -0.1) is 0 Å². The van der Waals surface area contributed by atoms with Crippen LogP contribution >= 0.6 is 11.8 Å². The molecule has 0 atom stereocenters. The number of nitrogens with two attached hydrogens (primary N) is 1. The number of para-hydroxylation sites is 1. The molecule has 108 valence electrons. The normalized spacial score (nSPS) is 16.2. The second-order valence-corrected chi connectivity index (χ2v) is 6.20. The topological polar surface area (TPSA) is 98.3 Å². The summed E-state index contributed by atoms with van der Waals surface area (Å²) in [6.07, 6.45) is 5.31. The average molecular weight is 295 g/mol. The second-order valence-electron chi connectivity index (χ2n) is 4.92. The highest BCUT2D eigenvalue weighted by atomic mass is 32.2. The zero-order chi connectivity index (χ0) is 14.8. The van der Waals surface area contributed by atoms with Crippen LogP contribution in [0.3, 0.4) is 0 Å². The molecular weight excluding hydrogens is 278 g/mol. The Kier molecular flexibility index (Phi) is 4.17. The van der Waals surface area contributed by atoms with Crippen molar-refractivity contribution in [3.63, 3.8) is 0 Å². The quantitative estimate of drug-likeness (QED) is 0.493. The number of carbonyl (C=O) groups excluding carboxylic acids is 1. The first-order valence-electron chi connectivity index (χ1n) is 6.35. The van der Waals surface area contributed by atoms with Gasteiger partial charge in [0, 0.05) is 11.3 Å². The van der Waals surface area contributed by atoms with Gasteiger partial charge in [0.1, 0.15) is 11.3 Å². The summed E-state index contributed by atoms with van der Waals surface area (Å²) in [5.74, 6) is -0.440. The maximum Gasteiger partial charge on any atom is 0.304 e. The fourth-order valence-electron chi connectivity index (χ4n) is 2.31. The van der Waals surface area contributed by atoms with E-state index in [0.29, 0.717) is 6.54 Å². The van der Waals surface area contributed by atoms with Gasteiger partial charge in [-0.2, -0.15) is 11.8 Å². The predicted octanol–water partition coefficient (Wildman–Crippen LogP) is 2.19. The Morgan fingerprint density at radius 2 is 2.25 bits per heavy atom. The Balaban J connectivity index is 2.13. The van der Waals surface area contributed by atoms with Gasteiger partial charge in [-0.05, 0) is 31.2 Å². The smallest absolute Gasteiger partial charge is 0.304 e. The van der Waals surface area contributed by atoms with E-state index in [9.17, 15) is 14.9 Å². The lowest BCUT2D eigenvalue weighted by Gasteiger charge is -2.40. The van der Waals surface area contributed by atoms with E-state index in [2.05, 4.69) is 5.32 Å². The van der Waals surface area contributed by atoms with E-state index in [4.69, 9.17) is 5.73 Å². The number of rotatable bonds is 5. The number of hydrogen-bond donors (Lipinski definition) is 2. The van der Waals surface area contributed by atoms with Crippen LogP contribution in [0, 0.1) is 10.1 Å². The van der Waals surface area contributed by atoms with Gasteiger partial charge in [0.25, 0.3) is 5.91 Å². The summed E-state index contributed by atoms with van der Waals surface area (Å²) in [7, 11) is 0. The number of thioether (sulfide) groups is 1. The first kappa shape index (κ1) is 14.6. The minimum absolute atomic E-state index is 0.00544. The minimum atomic E-state index is -0.613. The first-order valence-corrected chi connectivity index (χ1v) is 7.58. The SMILES string of the molecule is CSC1(CNC(=O)c2cccc(N)c2[N+](=O)[O-])CCC1. The van der Waals surface area contributed by atoms with Crippen LogP contribution in [-0.2, 0) is 0 Å². The first-order chi connectivity index (χ1) is 9.49. The number of anilines is 1. The lowest BCUT2D eigenvalue weighted by atomic mass is 9.84. The molecule has 0 aromatic heterocycles. The van der Waals surface area contributed by atoms with Crippen molar-refractivity contribution in [2.24, 2.45) is 0 Å². The number of amides is 1. The summed E-state index contributed by atoms with van der Waals surface area (Å²) in [5.41, 5.74) is 5.28. The molecule has 3 N–H and O–H groups in total. The fourth-order valence-corrected chi connectivity index (χ4v) is 3.22. The van der Waals surface area contributed by atoms with Crippen LogP contribution < -0.4 is 11.1 Å². The van der Waals surface area contributed by atoms with Crippen molar-refractivity contribution in [2.75, 3.05) is 18.5 Å². The van der Waals surface area contributed by atoms with Crippen molar-refractivity contribution in [3.8, 4) is 0 Å². The highest BCUT2D eigenvalue weighted by molar-refractivity contribution is 8.00. The van der Waals surface area contributed by atoms with Crippen LogP contribution in [0.1, 0.15) is 29.6 Å². The molecule has 1 aromatic carbocycles. The zero-order valence-electron chi connectivity index (χ0n) is 11.2.